The number of fused-ring (bicyclic) bond motifs is 2. The fourth-order valence-electron chi connectivity index (χ4n) is 2.14. The van der Waals surface area contributed by atoms with Crippen LogP contribution >= 0.6 is 0 Å². The van der Waals surface area contributed by atoms with Crippen LogP contribution in [0.15, 0.2) is 48.5 Å². The molecule has 0 bridgehead atoms. The minimum atomic E-state index is 0.160. The lowest BCUT2D eigenvalue weighted by Crippen LogP contribution is -2.14. The zero-order chi connectivity index (χ0) is 12.3. The Labute approximate surface area is 101 Å². The lowest BCUT2D eigenvalue weighted by molar-refractivity contribution is 0.103. The van der Waals surface area contributed by atoms with Crippen LogP contribution in [0.2, 0.25) is 0 Å². The summed E-state index contributed by atoms with van der Waals surface area (Å²) in [6, 6.07) is 15.7. The quantitative estimate of drug-likeness (QED) is 0.639. The molecule has 0 unspecified atom stereocenters. The van der Waals surface area contributed by atoms with Crippen LogP contribution in [0.1, 0.15) is 27.0 Å². The molecule has 2 nitrogen and oxygen atoms in total. The van der Waals surface area contributed by atoms with Crippen molar-refractivity contribution in [2.24, 2.45) is 0 Å². The number of rotatable bonds is 0. The minimum absolute atomic E-state index is 0.160. The Bertz CT molecular complexity index is 497. The third-order valence-corrected chi connectivity index (χ3v) is 2.90. The van der Waals surface area contributed by atoms with Gasteiger partial charge in [0.1, 0.15) is 0 Å². The molecule has 1 N–H and O–H groups in total. The van der Waals surface area contributed by atoms with E-state index in [0.717, 1.165) is 35.8 Å². The molecule has 86 valence electrons. The summed E-state index contributed by atoms with van der Waals surface area (Å²) >= 11 is 0. The molecule has 2 aromatic rings. The topological polar surface area (TPSA) is 37.3 Å². The van der Waals surface area contributed by atoms with E-state index < -0.39 is 0 Å². The summed E-state index contributed by atoms with van der Waals surface area (Å²) in [5.41, 5.74) is 4.00. The van der Waals surface area contributed by atoms with E-state index in [9.17, 15) is 4.79 Å². The number of carbonyl (C=O) groups is 1. The van der Waals surface area contributed by atoms with Crippen LogP contribution in [-0.2, 0) is 6.42 Å². The summed E-state index contributed by atoms with van der Waals surface area (Å²) in [5, 5.41) is 7.00. The third-order valence-electron chi connectivity index (χ3n) is 2.90. The van der Waals surface area contributed by atoms with Gasteiger partial charge in [0, 0.05) is 18.2 Å². The maximum atomic E-state index is 12.1. The van der Waals surface area contributed by atoms with E-state index >= 15 is 0 Å². The van der Waals surface area contributed by atoms with Crippen LogP contribution in [0.25, 0.3) is 0 Å². The Morgan fingerprint density at radius 2 is 1.24 bits per heavy atom. The van der Waals surface area contributed by atoms with Gasteiger partial charge in [-0.15, -0.1) is 0 Å². The van der Waals surface area contributed by atoms with Crippen LogP contribution in [0.3, 0.4) is 0 Å². The highest BCUT2D eigenvalue weighted by molar-refractivity contribution is 6.12. The molecule has 0 saturated carbocycles. The number of hydrogen-bond acceptors (Lipinski definition) is 2. The predicted octanol–water partition coefficient (Wildman–Crippen LogP) is 2.43. The second-order valence-electron chi connectivity index (χ2n) is 3.82. The number of benzene rings is 2. The van der Waals surface area contributed by atoms with Gasteiger partial charge in [-0.1, -0.05) is 48.5 Å². The summed E-state index contributed by atoms with van der Waals surface area (Å²) in [5.74, 6) is 0.160. The summed E-state index contributed by atoms with van der Waals surface area (Å²) in [4.78, 5) is 12.1. The standard InChI is InChI=1S/C14H10O.CH4O/c15-14-12-7-3-1-5-10(12)9-11-6-2-4-8-13(11)14;1-2/h1-8H,9H2;2H,1H3. The van der Waals surface area contributed by atoms with Crippen molar-refractivity contribution in [3.05, 3.63) is 70.8 Å². The molecule has 17 heavy (non-hydrogen) atoms. The van der Waals surface area contributed by atoms with Gasteiger partial charge in [0.15, 0.2) is 5.78 Å². The molecular formula is C15H14O2. The number of hydrogen-bond donors (Lipinski definition) is 1. The largest absolute Gasteiger partial charge is 0.400 e. The van der Waals surface area contributed by atoms with Gasteiger partial charge in [0.2, 0.25) is 0 Å². The van der Waals surface area contributed by atoms with Gasteiger partial charge in [-0.05, 0) is 17.5 Å². The fourth-order valence-corrected chi connectivity index (χ4v) is 2.14. The van der Waals surface area contributed by atoms with Gasteiger partial charge in [-0.3, -0.25) is 4.79 Å². The van der Waals surface area contributed by atoms with Gasteiger partial charge in [-0.2, -0.15) is 0 Å². The Kier molecular flexibility index (Phi) is 3.35. The van der Waals surface area contributed by atoms with Gasteiger partial charge in [0.25, 0.3) is 0 Å². The molecule has 0 radical (unpaired) electrons. The monoisotopic (exact) mass is 226 g/mol. The van der Waals surface area contributed by atoms with E-state index in [2.05, 4.69) is 0 Å². The summed E-state index contributed by atoms with van der Waals surface area (Å²) < 4.78 is 0. The van der Waals surface area contributed by atoms with E-state index in [4.69, 9.17) is 5.11 Å². The molecule has 2 aromatic carbocycles. The average molecular weight is 226 g/mol. The molecule has 0 amide bonds. The maximum Gasteiger partial charge on any atom is 0.193 e. The second-order valence-corrected chi connectivity index (χ2v) is 3.82. The van der Waals surface area contributed by atoms with Crippen molar-refractivity contribution in [2.75, 3.05) is 7.11 Å². The van der Waals surface area contributed by atoms with Crippen molar-refractivity contribution in [2.45, 2.75) is 6.42 Å². The Balaban J connectivity index is 0.000000514. The predicted molar refractivity (Wildman–Crippen MR) is 67.3 cm³/mol. The molecule has 1 aliphatic carbocycles. The van der Waals surface area contributed by atoms with Crippen LogP contribution < -0.4 is 0 Å². The molecule has 0 heterocycles. The van der Waals surface area contributed by atoms with Crippen molar-refractivity contribution in [1.29, 1.82) is 0 Å². The van der Waals surface area contributed by atoms with E-state index in [-0.39, 0.29) is 5.78 Å². The van der Waals surface area contributed by atoms with Crippen molar-refractivity contribution in [3.63, 3.8) is 0 Å². The van der Waals surface area contributed by atoms with Crippen LogP contribution in [-0.4, -0.2) is 18.0 Å². The number of ketones is 1. The SMILES string of the molecule is CO.O=C1c2ccccc2Cc2ccccc21. The molecule has 0 aliphatic heterocycles. The average Bonchev–Trinajstić information content (AvgIpc) is 2.41. The second kappa shape index (κ2) is 4.93. The smallest absolute Gasteiger partial charge is 0.193 e. The maximum absolute atomic E-state index is 12.1. The van der Waals surface area contributed by atoms with E-state index in [1.165, 1.54) is 0 Å². The van der Waals surface area contributed by atoms with Crippen LogP contribution in [0.5, 0.6) is 0 Å². The molecule has 0 saturated heterocycles. The Morgan fingerprint density at radius 1 is 0.824 bits per heavy atom. The first-order chi connectivity index (χ1) is 8.36. The highest BCUT2D eigenvalue weighted by Crippen LogP contribution is 2.26. The zero-order valence-corrected chi connectivity index (χ0v) is 9.68. The molecule has 0 aromatic heterocycles. The van der Waals surface area contributed by atoms with Crippen LogP contribution in [0, 0.1) is 0 Å². The Morgan fingerprint density at radius 3 is 1.71 bits per heavy atom. The molecule has 0 spiro atoms. The number of aliphatic hydroxyl groups excluding tert-OH is 1. The highest BCUT2D eigenvalue weighted by Gasteiger charge is 2.21. The number of carbonyl (C=O) groups excluding carboxylic acids is 1. The van der Waals surface area contributed by atoms with Gasteiger partial charge in [-0.25, -0.2) is 0 Å². The van der Waals surface area contributed by atoms with E-state index in [0.29, 0.717) is 0 Å². The van der Waals surface area contributed by atoms with E-state index in [1.807, 2.05) is 48.5 Å². The summed E-state index contributed by atoms with van der Waals surface area (Å²) in [6.07, 6.45) is 0.873. The summed E-state index contributed by atoms with van der Waals surface area (Å²) in [6.45, 7) is 0. The molecule has 1 aliphatic rings. The normalized spacial score (nSPS) is 12.0. The van der Waals surface area contributed by atoms with E-state index in [1.54, 1.807) is 0 Å². The van der Waals surface area contributed by atoms with Gasteiger partial charge in [0.05, 0.1) is 0 Å². The lowest BCUT2D eigenvalue weighted by Gasteiger charge is -2.17. The van der Waals surface area contributed by atoms with Crippen LogP contribution in [0.4, 0.5) is 0 Å². The zero-order valence-electron chi connectivity index (χ0n) is 9.68. The molecule has 2 heteroatoms. The van der Waals surface area contributed by atoms with Crippen molar-refractivity contribution >= 4 is 5.78 Å². The molecule has 0 fully saturated rings. The fraction of sp³-hybridized carbons (Fsp3) is 0.133. The van der Waals surface area contributed by atoms with Gasteiger partial charge >= 0.3 is 0 Å². The van der Waals surface area contributed by atoms with Crippen molar-refractivity contribution < 1.29 is 9.90 Å². The first-order valence-corrected chi connectivity index (χ1v) is 5.51. The summed E-state index contributed by atoms with van der Waals surface area (Å²) in [7, 11) is 1.00. The third kappa shape index (κ3) is 1.99. The Hall–Kier alpha value is -1.93. The first-order valence-electron chi connectivity index (χ1n) is 5.51. The van der Waals surface area contributed by atoms with Crippen molar-refractivity contribution in [1.82, 2.24) is 0 Å². The molecule has 0 atom stereocenters. The molecule has 3 rings (SSSR count). The highest BCUT2D eigenvalue weighted by atomic mass is 16.2. The first kappa shape index (κ1) is 11.6. The molecular weight excluding hydrogens is 212 g/mol. The number of aliphatic hydroxyl groups is 1. The lowest BCUT2D eigenvalue weighted by atomic mass is 9.85. The minimum Gasteiger partial charge on any atom is -0.400 e. The van der Waals surface area contributed by atoms with Crippen molar-refractivity contribution in [3.8, 4) is 0 Å². The van der Waals surface area contributed by atoms with Gasteiger partial charge < -0.3 is 5.11 Å².